The molecule has 0 fully saturated rings. The summed E-state index contributed by atoms with van der Waals surface area (Å²) in [7, 11) is 1.30. The lowest BCUT2D eigenvalue weighted by Gasteiger charge is -2.19. The van der Waals surface area contributed by atoms with Crippen molar-refractivity contribution in [1.29, 1.82) is 0 Å². The standard InChI is InChI=1S/C12H16N4O3/c1-12(2,3)16-10-8(5-15-16)11(14-7-13-10)19-6-9(17)18-4/h5,7H,6H2,1-4H3. The van der Waals surface area contributed by atoms with Gasteiger partial charge in [0.2, 0.25) is 5.88 Å². The van der Waals surface area contributed by atoms with Crippen LogP contribution in [0.1, 0.15) is 20.8 Å². The van der Waals surface area contributed by atoms with Crippen molar-refractivity contribution in [3.8, 4) is 5.88 Å². The van der Waals surface area contributed by atoms with Crippen molar-refractivity contribution in [2.45, 2.75) is 26.3 Å². The van der Waals surface area contributed by atoms with Gasteiger partial charge in [-0.15, -0.1) is 0 Å². The average molecular weight is 264 g/mol. The van der Waals surface area contributed by atoms with Gasteiger partial charge in [-0.25, -0.2) is 19.4 Å². The number of carbonyl (C=O) groups excluding carboxylic acids is 1. The van der Waals surface area contributed by atoms with Crippen molar-refractivity contribution in [1.82, 2.24) is 19.7 Å². The number of esters is 1. The van der Waals surface area contributed by atoms with Crippen LogP contribution in [0.5, 0.6) is 5.88 Å². The molecule has 0 N–H and O–H groups in total. The van der Waals surface area contributed by atoms with E-state index in [2.05, 4.69) is 19.8 Å². The first-order valence-electron chi connectivity index (χ1n) is 5.82. The number of aromatic nitrogens is 4. The van der Waals surface area contributed by atoms with E-state index in [9.17, 15) is 4.79 Å². The van der Waals surface area contributed by atoms with E-state index in [4.69, 9.17) is 4.74 Å². The maximum Gasteiger partial charge on any atom is 0.343 e. The molecule has 0 saturated heterocycles. The Morgan fingerprint density at radius 3 is 2.74 bits per heavy atom. The third-order valence-corrected chi connectivity index (χ3v) is 2.52. The molecule has 19 heavy (non-hydrogen) atoms. The number of nitrogens with zero attached hydrogens (tertiary/aromatic N) is 4. The Hall–Kier alpha value is -2.18. The molecule has 7 nitrogen and oxygen atoms in total. The summed E-state index contributed by atoms with van der Waals surface area (Å²) >= 11 is 0. The molecule has 102 valence electrons. The smallest absolute Gasteiger partial charge is 0.343 e. The minimum Gasteiger partial charge on any atom is -0.466 e. The maximum absolute atomic E-state index is 11.1. The molecule has 2 aromatic rings. The van der Waals surface area contributed by atoms with Crippen LogP contribution in [0.3, 0.4) is 0 Å². The van der Waals surface area contributed by atoms with E-state index in [0.717, 1.165) is 0 Å². The van der Waals surface area contributed by atoms with Gasteiger partial charge in [0.15, 0.2) is 12.3 Å². The molecule has 0 aromatic carbocycles. The number of rotatable bonds is 3. The largest absolute Gasteiger partial charge is 0.466 e. The van der Waals surface area contributed by atoms with Gasteiger partial charge < -0.3 is 9.47 Å². The van der Waals surface area contributed by atoms with E-state index < -0.39 is 5.97 Å². The van der Waals surface area contributed by atoms with Crippen molar-refractivity contribution in [3.05, 3.63) is 12.5 Å². The van der Waals surface area contributed by atoms with Gasteiger partial charge in [-0.1, -0.05) is 0 Å². The Labute approximate surface area is 110 Å². The summed E-state index contributed by atoms with van der Waals surface area (Å²) in [6, 6.07) is 0. The highest BCUT2D eigenvalue weighted by Crippen LogP contribution is 2.25. The normalized spacial score (nSPS) is 11.6. The number of ether oxygens (including phenoxy) is 2. The van der Waals surface area contributed by atoms with E-state index in [-0.39, 0.29) is 12.1 Å². The van der Waals surface area contributed by atoms with Crippen LogP contribution in [0, 0.1) is 0 Å². The quantitative estimate of drug-likeness (QED) is 0.773. The Morgan fingerprint density at radius 1 is 1.37 bits per heavy atom. The van der Waals surface area contributed by atoms with Gasteiger partial charge in [0.05, 0.1) is 18.8 Å². The Morgan fingerprint density at radius 2 is 2.11 bits per heavy atom. The molecule has 2 rings (SSSR count). The predicted octanol–water partition coefficient (Wildman–Crippen LogP) is 1.13. The molecule has 0 aliphatic rings. The van der Waals surface area contributed by atoms with E-state index in [0.29, 0.717) is 16.9 Å². The predicted molar refractivity (Wildman–Crippen MR) is 67.8 cm³/mol. The van der Waals surface area contributed by atoms with E-state index in [1.807, 2.05) is 20.8 Å². The second-order valence-electron chi connectivity index (χ2n) is 5.01. The zero-order valence-corrected chi connectivity index (χ0v) is 11.4. The fraction of sp³-hybridized carbons (Fsp3) is 0.500. The van der Waals surface area contributed by atoms with Crippen LogP contribution < -0.4 is 4.74 Å². The lowest BCUT2D eigenvalue weighted by molar-refractivity contribution is -0.142. The second kappa shape index (κ2) is 4.83. The summed E-state index contributed by atoms with van der Waals surface area (Å²) < 4.78 is 11.6. The van der Waals surface area contributed by atoms with Gasteiger partial charge in [0.25, 0.3) is 0 Å². The molecule has 0 amide bonds. The summed E-state index contributed by atoms with van der Waals surface area (Å²) in [5.74, 6) is -0.138. The molecule has 2 aromatic heterocycles. The number of hydrogen-bond donors (Lipinski definition) is 0. The first-order valence-corrected chi connectivity index (χ1v) is 5.82. The van der Waals surface area contributed by atoms with Gasteiger partial charge in [0.1, 0.15) is 11.7 Å². The highest BCUT2D eigenvalue weighted by atomic mass is 16.6. The first-order chi connectivity index (χ1) is 8.93. The fourth-order valence-corrected chi connectivity index (χ4v) is 1.61. The van der Waals surface area contributed by atoms with Gasteiger partial charge >= 0.3 is 5.97 Å². The summed E-state index contributed by atoms with van der Waals surface area (Å²) in [5, 5.41) is 4.96. The maximum atomic E-state index is 11.1. The minimum atomic E-state index is -0.463. The summed E-state index contributed by atoms with van der Waals surface area (Å²) in [5.41, 5.74) is 0.470. The molecule has 0 aliphatic heterocycles. The van der Waals surface area contributed by atoms with Crippen LogP contribution in [0.4, 0.5) is 0 Å². The lowest BCUT2D eigenvalue weighted by Crippen LogP contribution is -2.23. The first kappa shape index (κ1) is 13.3. The van der Waals surface area contributed by atoms with E-state index >= 15 is 0 Å². The van der Waals surface area contributed by atoms with Gasteiger partial charge in [-0.3, -0.25) is 0 Å². The summed E-state index contributed by atoms with van der Waals surface area (Å²) in [6.07, 6.45) is 3.02. The zero-order chi connectivity index (χ0) is 14.0. The second-order valence-corrected chi connectivity index (χ2v) is 5.01. The summed E-state index contributed by atoms with van der Waals surface area (Å²) in [6.45, 7) is 5.88. The Kier molecular flexibility index (Phi) is 3.37. The van der Waals surface area contributed by atoms with Gasteiger partial charge in [0, 0.05) is 0 Å². The summed E-state index contributed by atoms with van der Waals surface area (Å²) in [4.78, 5) is 19.3. The molecule has 0 saturated carbocycles. The SMILES string of the molecule is COC(=O)COc1ncnc2c1cnn2C(C)(C)C. The number of carbonyl (C=O) groups is 1. The van der Waals surface area contributed by atoms with Crippen molar-refractivity contribution >= 4 is 17.0 Å². The molecule has 0 atom stereocenters. The highest BCUT2D eigenvalue weighted by Gasteiger charge is 2.20. The number of fused-ring (bicyclic) bond motifs is 1. The van der Waals surface area contributed by atoms with E-state index in [1.54, 1.807) is 10.9 Å². The van der Waals surface area contributed by atoms with Gasteiger partial charge in [-0.05, 0) is 20.8 Å². The third kappa shape index (κ3) is 2.64. The number of methoxy groups -OCH3 is 1. The topological polar surface area (TPSA) is 79.1 Å². The van der Waals surface area contributed by atoms with Crippen molar-refractivity contribution in [2.75, 3.05) is 13.7 Å². The molecule has 0 radical (unpaired) electrons. The molecule has 7 heteroatoms. The Bertz CT molecular complexity index is 601. The number of hydrogen-bond acceptors (Lipinski definition) is 6. The van der Waals surface area contributed by atoms with Crippen LogP contribution in [0.2, 0.25) is 0 Å². The van der Waals surface area contributed by atoms with Crippen LogP contribution in [0.25, 0.3) is 11.0 Å². The van der Waals surface area contributed by atoms with Crippen molar-refractivity contribution < 1.29 is 14.3 Å². The minimum absolute atomic E-state index is 0.191. The van der Waals surface area contributed by atoms with Crippen LogP contribution in [-0.2, 0) is 15.1 Å². The van der Waals surface area contributed by atoms with Crippen LogP contribution >= 0.6 is 0 Å². The van der Waals surface area contributed by atoms with Crippen molar-refractivity contribution in [3.63, 3.8) is 0 Å². The molecule has 0 bridgehead atoms. The molecule has 0 spiro atoms. The fourth-order valence-electron chi connectivity index (χ4n) is 1.61. The monoisotopic (exact) mass is 264 g/mol. The zero-order valence-electron chi connectivity index (χ0n) is 11.4. The third-order valence-electron chi connectivity index (χ3n) is 2.52. The molecule has 2 heterocycles. The van der Waals surface area contributed by atoms with Crippen LogP contribution in [0.15, 0.2) is 12.5 Å². The lowest BCUT2D eigenvalue weighted by atomic mass is 10.1. The Balaban J connectivity index is 2.37. The highest BCUT2D eigenvalue weighted by molar-refractivity contribution is 5.80. The van der Waals surface area contributed by atoms with Crippen molar-refractivity contribution in [2.24, 2.45) is 0 Å². The average Bonchev–Trinajstić information content (AvgIpc) is 2.79. The van der Waals surface area contributed by atoms with Gasteiger partial charge in [-0.2, -0.15) is 5.10 Å². The molecule has 0 unspecified atom stereocenters. The molecular formula is C12H16N4O3. The van der Waals surface area contributed by atoms with E-state index in [1.165, 1.54) is 13.4 Å². The molecular weight excluding hydrogens is 248 g/mol. The van der Waals surface area contributed by atoms with Crippen LogP contribution in [-0.4, -0.2) is 39.4 Å². The molecule has 0 aliphatic carbocycles.